The molecule has 7 nitrogen and oxygen atoms in total. The minimum absolute atomic E-state index is 0.000604. The molecule has 0 atom stereocenters. The number of hydrogen-bond acceptors (Lipinski definition) is 6. The zero-order chi connectivity index (χ0) is 23.3. The largest absolute Gasteiger partial charge is 0.490 e. The SMILES string of the molecule is CCOc1cc(/C=C2\SC(N)=NC2=O)ccc1OCC(=O)Nc1cccc(C(F)(F)F)c1. The Labute approximate surface area is 185 Å². The summed E-state index contributed by atoms with van der Waals surface area (Å²) in [6.07, 6.45) is -2.91. The maximum absolute atomic E-state index is 12.8. The molecule has 0 saturated heterocycles. The van der Waals surface area contributed by atoms with Crippen molar-refractivity contribution in [3.8, 4) is 11.5 Å². The van der Waals surface area contributed by atoms with E-state index in [9.17, 15) is 22.8 Å². The van der Waals surface area contributed by atoms with Crippen molar-refractivity contribution >= 4 is 40.5 Å². The van der Waals surface area contributed by atoms with Crippen molar-refractivity contribution in [1.29, 1.82) is 0 Å². The molecule has 2 aromatic carbocycles. The summed E-state index contributed by atoms with van der Waals surface area (Å²) in [5.74, 6) is -0.483. The first kappa shape index (κ1) is 23.2. The van der Waals surface area contributed by atoms with E-state index in [0.29, 0.717) is 22.8 Å². The Morgan fingerprint density at radius 1 is 1.19 bits per heavy atom. The number of carbonyl (C=O) groups excluding carboxylic acids is 2. The Morgan fingerprint density at radius 3 is 2.62 bits per heavy atom. The normalized spacial score (nSPS) is 14.9. The second-order valence-electron chi connectivity index (χ2n) is 6.42. The fraction of sp³-hybridized carbons (Fsp3) is 0.190. The number of nitrogens with two attached hydrogens (primary N) is 1. The molecule has 1 aliphatic rings. The van der Waals surface area contributed by atoms with Crippen LogP contribution in [0.4, 0.5) is 18.9 Å². The highest BCUT2D eigenvalue weighted by molar-refractivity contribution is 8.18. The Kier molecular flexibility index (Phi) is 7.08. The van der Waals surface area contributed by atoms with Gasteiger partial charge in [0.15, 0.2) is 23.3 Å². The maximum Gasteiger partial charge on any atom is 0.416 e. The average Bonchev–Trinajstić information content (AvgIpc) is 3.04. The lowest BCUT2D eigenvalue weighted by molar-refractivity contribution is -0.137. The third-order valence-corrected chi connectivity index (χ3v) is 4.85. The summed E-state index contributed by atoms with van der Waals surface area (Å²) < 4.78 is 49.4. The molecule has 168 valence electrons. The second-order valence-corrected chi connectivity index (χ2v) is 7.48. The molecule has 0 radical (unpaired) electrons. The first-order valence-corrected chi connectivity index (χ1v) is 10.1. The predicted octanol–water partition coefficient (Wildman–Crippen LogP) is 4.05. The molecular weight excluding hydrogens is 447 g/mol. The van der Waals surface area contributed by atoms with Gasteiger partial charge in [-0.3, -0.25) is 9.59 Å². The van der Waals surface area contributed by atoms with Gasteiger partial charge in [-0.2, -0.15) is 18.2 Å². The number of alkyl halides is 3. The van der Waals surface area contributed by atoms with Crippen LogP contribution >= 0.6 is 11.8 Å². The number of nitrogens with one attached hydrogen (secondary N) is 1. The molecule has 11 heteroatoms. The van der Waals surface area contributed by atoms with E-state index in [1.165, 1.54) is 12.1 Å². The van der Waals surface area contributed by atoms with Crippen molar-refractivity contribution in [2.45, 2.75) is 13.1 Å². The third kappa shape index (κ3) is 6.03. The molecule has 1 aliphatic heterocycles. The van der Waals surface area contributed by atoms with Crippen LogP contribution in [0.5, 0.6) is 11.5 Å². The zero-order valence-corrected chi connectivity index (χ0v) is 17.5. The molecule has 2 aromatic rings. The van der Waals surface area contributed by atoms with Crippen LogP contribution in [-0.2, 0) is 15.8 Å². The van der Waals surface area contributed by atoms with Gasteiger partial charge in [-0.15, -0.1) is 0 Å². The van der Waals surface area contributed by atoms with Crippen LogP contribution in [0.1, 0.15) is 18.1 Å². The Hall–Kier alpha value is -3.47. The Bertz CT molecular complexity index is 1100. The second kappa shape index (κ2) is 9.77. The van der Waals surface area contributed by atoms with Crippen LogP contribution in [0.25, 0.3) is 6.08 Å². The van der Waals surface area contributed by atoms with E-state index in [2.05, 4.69) is 10.3 Å². The van der Waals surface area contributed by atoms with Gasteiger partial charge >= 0.3 is 6.18 Å². The number of rotatable bonds is 7. The van der Waals surface area contributed by atoms with Crippen LogP contribution in [-0.4, -0.2) is 30.2 Å². The highest BCUT2D eigenvalue weighted by Gasteiger charge is 2.30. The Morgan fingerprint density at radius 2 is 1.97 bits per heavy atom. The molecule has 0 aromatic heterocycles. The van der Waals surface area contributed by atoms with Crippen molar-refractivity contribution in [1.82, 2.24) is 0 Å². The summed E-state index contributed by atoms with van der Waals surface area (Å²) in [4.78, 5) is 27.9. The van der Waals surface area contributed by atoms with Gasteiger partial charge in [0, 0.05) is 5.69 Å². The molecule has 0 bridgehead atoms. The number of halogens is 3. The quantitative estimate of drug-likeness (QED) is 0.598. The van der Waals surface area contributed by atoms with Gasteiger partial charge in [-0.05, 0) is 60.7 Å². The molecule has 0 saturated carbocycles. The number of benzene rings is 2. The molecule has 0 fully saturated rings. The summed E-state index contributed by atoms with van der Waals surface area (Å²) in [7, 11) is 0. The van der Waals surface area contributed by atoms with Gasteiger partial charge in [0.1, 0.15) is 0 Å². The molecule has 3 rings (SSSR count). The van der Waals surface area contributed by atoms with Crippen molar-refractivity contribution < 1.29 is 32.2 Å². The van der Waals surface area contributed by atoms with E-state index >= 15 is 0 Å². The number of aliphatic imine (C=N–C) groups is 1. The van der Waals surface area contributed by atoms with Crippen molar-refractivity contribution in [2.75, 3.05) is 18.5 Å². The molecule has 1 heterocycles. The Balaban J connectivity index is 1.67. The van der Waals surface area contributed by atoms with Gasteiger partial charge in [0.2, 0.25) is 0 Å². The molecule has 3 N–H and O–H groups in total. The zero-order valence-electron chi connectivity index (χ0n) is 16.7. The standard InChI is InChI=1S/C21H18F3N3O4S/c1-2-30-16-8-12(9-17-19(29)27-20(25)32-17)6-7-15(16)31-11-18(28)26-14-5-3-4-13(10-14)21(22,23)24/h3-10H,2,11H2,1H3,(H,26,28)(H2,25,27,29)/b17-9-. The lowest BCUT2D eigenvalue weighted by Crippen LogP contribution is -2.20. The lowest BCUT2D eigenvalue weighted by Gasteiger charge is -2.13. The molecule has 0 unspecified atom stereocenters. The first-order chi connectivity index (χ1) is 15.2. The monoisotopic (exact) mass is 465 g/mol. The van der Waals surface area contributed by atoms with Crippen LogP contribution in [0.2, 0.25) is 0 Å². The summed E-state index contributed by atoms with van der Waals surface area (Å²) in [5.41, 5.74) is 5.30. The number of amides is 2. The number of hydrogen-bond donors (Lipinski definition) is 2. The van der Waals surface area contributed by atoms with Crippen LogP contribution in [0.15, 0.2) is 52.4 Å². The minimum Gasteiger partial charge on any atom is -0.490 e. The maximum atomic E-state index is 12.8. The molecule has 0 aliphatic carbocycles. The summed E-state index contributed by atoms with van der Waals surface area (Å²) >= 11 is 1.05. The molecule has 32 heavy (non-hydrogen) atoms. The van der Waals surface area contributed by atoms with E-state index in [4.69, 9.17) is 15.2 Å². The summed E-state index contributed by atoms with van der Waals surface area (Å²) in [6.45, 7) is 1.63. The summed E-state index contributed by atoms with van der Waals surface area (Å²) in [5, 5.41) is 2.53. The number of carbonyl (C=O) groups is 2. The highest BCUT2D eigenvalue weighted by Crippen LogP contribution is 2.33. The van der Waals surface area contributed by atoms with Gasteiger partial charge in [-0.25, -0.2) is 0 Å². The minimum atomic E-state index is -4.51. The predicted molar refractivity (Wildman–Crippen MR) is 115 cm³/mol. The summed E-state index contributed by atoms with van der Waals surface area (Å²) in [6, 6.07) is 9.13. The van der Waals surface area contributed by atoms with Crippen molar-refractivity contribution in [3.63, 3.8) is 0 Å². The van der Waals surface area contributed by atoms with E-state index in [-0.39, 0.29) is 16.6 Å². The molecule has 0 spiro atoms. The van der Waals surface area contributed by atoms with E-state index in [1.807, 2.05) is 0 Å². The fourth-order valence-corrected chi connectivity index (χ4v) is 3.37. The van der Waals surface area contributed by atoms with E-state index < -0.39 is 30.2 Å². The van der Waals surface area contributed by atoms with Gasteiger partial charge in [0.05, 0.1) is 17.1 Å². The van der Waals surface area contributed by atoms with Crippen molar-refractivity contribution in [3.05, 3.63) is 58.5 Å². The lowest BCUT2D eigenvalue weighted by atomic mass is 10.2. The highest BCUT2D eigenvalue weighted by atomic mass is 32.2. The van der Waals surface area contributed by atoms with Gasteiger partial charge in [-0.1, -0.05) is 12.1 Å². The van der Waals surface area contributed by atoms with Crippen molar-refractivity contribution in [2.24, 2.45) is 10.7 Å². The van der Waals surface area contributed by atoms with Crippen LogP contribution < -0.4 is 20.5 Å². The van der Waals surface area contributed by atoms with Crippen LogP contribution in [0, 0.1) is 0 Å². The van der Waals surface area contributed by atoms with Gasteiger partial charge < -0.3 is 20.5 Å². The average molecular weight is 465 g/mol. The fourth-order valence-electron chi connectivity index (χ4n) is 2.69. The van der Waals surface area contributed by atoms with E-state index in [1.54, 1.807) is 31.2 Å². The first-order valence-electron chi connectivity index (χ1n) is 9.30. The number of amidine groups is 1. The smallest absolute Gasteiger partial charge is 0.416 e. The van der Waals surface area contributed by atoms with Crippen LogP contribution in [0.3, 0.4) is 0 Å². The topological polar surface area (TPSA) is 103 Å². The molecule has 2 amide bonds. The van der Waals surface area contributed by atoms with E-state index in [0.717, 1.165) is 23.9 Å². The van der Waals surface area contributed by atoms with Gasteiger partial charge in [0.25, 0.3) is 11.8 Å². The number of anilines is 1. The number of nitrogens with zero attached hydrogens (tertiary/aromatic N) is 1. The molecular formula is C21H18F3N3O4S. The number of thioether (sulfide) groups is 1. The number of ether oxygens (including phenoxy) is 2. The third-order valence-electron chi connectivity index (χ3n) is 4.03.